The summed E-state index contributed by atoms with van der Waals surface area (Å²) in [6.07, 6.45) is -0.326. The van der Waals surface area contributed by atoms with Gasteiger partial charge in [0.15, 0.2) is 0 Å². The molecule has 1 unspecified atom stereocenters. The first-order chi connectivity index (χ1) is 14.2. The van der Waals surface area contributed by atoms with E-state index in [0.29, 0.717) is 13.0 Å². The predicted octanol–water partition coefficient (Wildman–Crippen LogP) is 4.81. The summed E-state index contributed by atoms with van der Waals surface area (Å²) in [5.41, 5.74) is 5.11. The lowest BCUT2D eigenvalue weighted by atomic mass is 9.86. The third-order valence-electron chi connectivity index (χ3n) is 6.59. The van der Waals surface area contributed by atoms with Crippen molar-refractivity contribution in [3.05, 3.63) is 53.6 Å². The Bertz CT molecular complexity index is 965. The van der Waals surface area contributed by atoms with Crippen LogP contribution in [0.1, 0.15) is 44.4 Å². The number of nitrogens with zero attached hydrogens (tertiary/aromatic N) is 2. The van der Waals surface area contributed by atoms with Crippen LogP contribution in [0, 0.1) is 0 Å². The van der Waals surface area contributed by atoms with Crippen molar-refractivity contribution in [1.29, 1.82) is 0 Å². The highest BCUT2D eigenvalue weighted by Gasteiger charge is 2.47. The summed E-state index contributed by atoms with van der Waals surface area (Å²) in [4.78, 5) is 26.1. The molecule has 0 aromatic heterocycles. The largest absolute Gasteiger partial charge is 0.465 e. The fourth-order valence-electron chi connectivity index (χ4n) is 4.65. The summed E-state index contributed by atoms with van der Waals surface area (Å²) < 4.78 is 0.184. The van der Waals surface area contributed by atoms with Crippen LogP contribution in [-0.2, 0) is 11.3 Å². The van der Waals surface area contributed by atoms with Crippen LogP contribution >= 0.6 is 12.4 Å². The number of hydrogen-bond acceptors (Lipinski definition) is 3. The van der Waals surface area contributed by atoms with E-state index in [0.717, 1.165) is 28.9 Å². The van der Waals surface area contributed by atoms with Gasteiger partial charge in [0.25, 0.3) is 0 Å². The lowest BCUT2D eigenvalue weighted by Crippen LogP contribution is -2.60. The van der Waals surface area contributed by atoms with Crippen molar-refractivity contribution in [3.63, 3.8) is 0 Å². The fourth-order valence-corrected chi connectivity index (χ4v) is 4.65. The number of fused-ring (bicyclic) bond motifs is 1. The molecule has 0 saturated heterocycles. The van der Waals surface area contributed by atoms with Gasteiger partial charge in [-0.1, -0.05) is 18.2 Å². The van der Waals surface area contributed by atoms with Crippen molar-refractivity contribution in [1.82, 2.24) is 14.7 Å². The van der Waals surface area contributed by atoms with Gasteiger partial charge >= 0.3 is 12.0 Å². The summed E-state index contributed by atoms with van der Waals surface area (Å²) in [5.74, 6) is 0.0596. The number of halogens is 1. The number of hydrogen-bond donors (Lipinski definition) is 2. The fraction of sp³-hybridized carbons (Fsp3) is 0.417. The average Bonchev–Trinajstić information content (AvgIpc) is 2.71. The van der Waals surface area contributed by atoms with Gasteiger partial charge in [-0.25, -0.2) is 14.1 Å². The quantitative estimate of drug-likeness (QED) is 0.646. The van der Waals surface area contributed by atoms with E-state index in [4.69, 9.17) is 0 Å². The Balaban J connectivity index is 0.00000341. The van der Waals surface area contributed by atoms with Gasteiger partial charge in [-0.05, 0) is 55.8 Å². The normalized spacial score (nSPS) is 22.2. The number of rotatable bonds is 5. The molecule has 0 fully saturated rings. The molecule has 0 radical (unpaired) electrons. The van der Waals surface area contributed by atoms with Gasteiger partial charge < -0.3 is 15.3 Å². The molecule has 6 nitrogen and oxygen atoms in total. The number of quaternary nitrogens is 1. The zero-order chi connectivity index (χ0) is 22.1. The Morgan fingerprint density at radius 3 is 2.45 bits per heavy atom. The van der Waals surface area contributed by atoms with Crippen LogP contribution in [-0.4, -0.2) is 48.7 Å². The van der Waals surface area contributed by atoms with E-state index in [2.05, 4.69) is 29.6 Å². The standard InChI is InChI=1S/C24H31N3O3.ClH/c1-6-26(24(29)30)22-12-16(2)27(5,17(3)28)23-11-10-20(14-21(22)23)19-9-7-8-18(13-19)15-25-4;/h7-11,13-14,16,22,25H,6,12,15H2,1-5H3;1H/p+1/t16-,22+,27?;/m0./s1. The second kappa shape index (κ2) is 9.81. The Morgan fingerprint density at radius 1 is 1.19 bits per heavy atom. The first-order valence-electron chi connectivity index (χ1n) is 10.5. The Hall–Kier alpha value is -2.41. The van der Waals surface area contributed by atoms with Gasteiger partial charge in [0.1, 0.15) is 5.69 Å². The van der Waals surface area contributed by atoms with Crippen molar-refractivity contribution in [2.24, 2.45) is 0 Å². The van der Waals surface area contributed by atoms with Gasteiger partial charge in [0.2, 0.25) is 0 Å². The van der Waals surface area contributed by atoms with Crippen molar-refractivity contribution in [2.75, 3.05) is 20.6 Å². The molecular formula is C24H33ClN3O3+. The van der Waals surface area contributed by atoms with E-state index in [9.17, 15) is 14.7 Å². The smallest absolute Gasteiger partial charge is 0.407 e. The molecule has 31 heavy (non-hydrogen) atoms. The number of amides is 2. The minimum Gasteiger partial charge on any atom is -0.465 e. The van der Waals surface area contributed by atoms with Crippen LogP contribution in [0.15, 0.2) is 42.5 Å². The van der Waals surface area contributed by atoms with Gasteiger partial charge in [0.05, 0.1) is 26.1 Å². The van der Waals surface area contributed by atoms with Crippen LogP contribution in [0.4, 0.5) is 10.5 Å². The van der Waals surface area contributed by atoms with E-state index in [1.165, 1.54) is 10.5 Å². The highest BCUT2D eigenvalue weighted by Crippen LogP contribution is 2.45. The van der Waals surface area contributed by atoms with Crippen molar-refractivity contribution >= 4 is 30.1 Å². The summed E-state index contributed by atoms with van der Waals surface area (Å²) in [6, 6.07) is 14.2. The van der Waals surface area contributed by atoms with Crippen molar-refractivity contribution < 1.29 is 14.7 Å². The molecule has 3 atom stereocenters. The highest BCUT2D eigenvalue weighted by atomic mass is 35.5. The average molecular weight is 447 g/mol. The number of carboxylic acid groups (broad SMARTS) is 1. The molecular weight excluding hydrogens is 414 g/mol. The van der Waals surface area contributed by atoms with Gasteiger partial charge in [0, 0.05) is 31.1 Å². The molecule has 0 spiro atoms. The van der Waals surface area contributed by atoms with E-state index >= 15 is 0 Å². The molecule has 0 saturated carbocycles. The van der Waals surface area contributed by atoms with Crippen molar-refractivity contribution in [2.45, 2.75) is 45.8 Å². The third kappa shape index (κ3) is 4.47. The van der Waals surface area contributed by atoms with Crippen molar-refractivity contribution in [3.8, 4) is 11.1 Å². The van der Waals surface area contributed by atoms with Gasteiger partial charge in [-0.15, -0.1) is 12.4 Å². The second-order valence-corrected chi connectivity index (χ2v) is 8.27. The van der Waals surface area contributed by atoms with Crippen LogP contribution in [0.25, 0.3) is 11.1 Å². The van der Waals surface area contributed by atoms with E-state index < -0.39 is 6.09 Å². The first-order valence-corrected chi connectivity index (χ1v) is 10.5. The van der Waals surface area contributed by atoms with Gasteiger partial charge in [-0.2, -0.15) is 0 Å². The SMILES string of the molecule is CCN(C(=O)O)[C@@H]1C[C@H](C)[N+](C)(C(C)=O)c2ccc(-c3cccc(CNC)c3)cc21.Cl. The number of nitrogens with one attached hydrogen (secondary N) is 1. The molecule has 2 aromatic rings. The summed E-state index contributed by atoms with van der Waals surface area (Å²) in [7, 11) is 3.86. The van der Waals surface area contributed by atoms with E-state index in [1.807, 2.05) is 46.1 Å². The molecule has 2 amide bonds. The van der Waals surface area contributed by atoms with Crippen LogP contribution < -0.4 is 9.80 Å². The third-order valence-corrected chi connectivity index (χ3v) is 6.59. The molecule has 0 bridgehead atoms. The molecule has 1 aliphatic rings. The molecule has 0 aliphatic carbocycles. The minimum atomic E-state index is -0.930. The summed E-state index contributed by atoms with van der Waals surface area (Å²) >= 11 is 0. The van der Waals surface area contributed by atoms with Crippen LogP contribution in [0.3, 0.4) is 0 Å². The molecule has 7 heteroatoms. The highest BCUT2D eigenvalue weighted by molar-refractivity contribution is 5.89. The molecule has 2 aromatic carbocycles. The van der Waals surface area contributed by atoms with E-state index in [-0.39, 0.29) is 34.9 Å². The Kier molecular flexibility index (Phi) is 7.87. The lowest BCUT2D eigenvalue weighted by molar-refractivity contribution is -0.129. The minimum absolute atomic E-state index is 0. The van der Waals surface area contributed by atoms with Crippen LogP contribution in [0.5, 0.6) is 0 Å². The summed E-state index contributed by atoms with van der Waals surface area (Å²) in [5, 5.41) is 13.0. The maximum atomic E-state index is 12.7. The molecule has 168 valence electrons. The number of carbonyl (C=O) groups excluding carboxylic acids is 1. The number of carbonyl (C=O) groups is 2. The van der Waals surface area contributed by atoms with E-state index in [1.54, 1.807) is 6.92 Å². The topological polar surface area (TPSA) is 69.6 Å². The second-order valence-electron chi connectivity index (χ2n) is 8.27. The zero-order valence-corrected chi connectivity index (χ0v) is 19.7. The maximum Gasteiger partial charge on any atom is 0.407 e. The molecule has 1 aliphatic heterocycles. The van der Waals surface area contributed by atoms with Crippen LogP contribution in [0.2, 0.25) is 0 Å². The Morgan fingerprint density at radius 2 is 1.87 bits per heavy atom. The Labute approximate surface area is 190 Å². The molecule has 2 N–H and O–H groups in total. The maximum absolute atomic E-state index is 12.7. The molecule has 1 heterocycles. The predicted molar refractivity (Wildman–Crippen MR) is 128 cm³/mol. The zero-order valence-electron chi connectivity index (χ0n) is 18.9. The first kappa shape index (κ1) is 24.9. The summed E-state index contributed by atoms with van der Waals surface area (Å²) in [6.45, 7) is 6.68. The van der Waals surface area contributed by atoms with Gasteiger partial charge in [-0.3, -0.25) is 0 Å². The monoisotopic (exact) mass is 446 g/mol. The number of benzene rings is 2. The molecule has 3 rings (SSSR count). The lowest BCUT2D eigenvalue weighted by Gasteiger charge is -2.45.